The van der Waals surface area contributed by atoms with E-state index >= 15 is 0 Å². The maximum absolute atomic E-state index is 6.03. The predicted octanol–water partition coefficient (Wildman–Crippen LogP) is 4.61. The van der Waals surface area contributed by atoms with Crippen molar-refractivity contribution in [2.75, 3.05) is 37.7 Å². The summed E-state index contributed by atoms with van der Waals surface area (Å²) >= 11 is 0. The Hall–Kier alpha value is -1.80. The molecule has 2 aromatic rings. The van der Waals surface area contributed by atoms with Gasteiger partial charge in [-0.1, -0.05) is 48.5 Å². The highest BCUT2D eigenvalue weighted by atomic mass is 127. The van der Waals surface area contributed by atoms with Crippen LogP contribution in [0.2, 0.25) is 0 Å². The predicted molar refractivity (Wildman–Crippen MR) is 139 cm³/mol. The zero-order valence-corrected chi connectivity index (χ0v) is 20.7. The summed E-state index contributed by atoms with van der Waals surface area (Å²) < 4.78 is 6.03. The first-order valence-electron chi connectivity index (χ1n) is 11.3. The SMILES string of the molecule is CCNC(=NCC1CCOC1c1ccccc1)NC1CCN(c2ccccc2)CC1.I. The van der Waals surface area contributed by atoms with Crippen LogP contribution in [0.5, 0.6) is 0 Å². The van der Waals surface area contributed by atoms with E-state index in [0.717, 1.165) is 58.0 Å². The number of nitrogens with zero attached hydrogens (tertiary/aromatic N) is 2. The number of guanidine groups is 1. The van der Waals surface area contributed by atoms with Gasteiger partial charge in [0.2, 0.25) is 0 Å². The number of aliphatic imine (C=N–C) groups is 1. The molecule has 2 aromatic carbocycles. The van der Waals surface area contributed by atoms with Gasteiger partial charge in [0.1, 0.15) is 0 Å². The maximum Gasteiger partial charge on any atom is 0.191 e. The molecule has 0 bridgehead atoms. The van der Waals surface area contributed by atoms with Gasteiger partial charge in [0.25, 0.3) is 0 Å². The van der Waals surface area contributed by atoms with Gasteiger partial charge in [-0.2, -0.15) is 0 Å². The van der Waals surface area contributed by atoms with Gasteiger partial charge in [-0.3, -0.25) is 4.99 Å². The highest BCUT2D eigenvalue weighted by molar-refractivity contribution is 14.0. The van der Waals surface area contributed by atoms with Crippen LogP contribution in [0.15, 0.2) is 65.7 Å². The van der Waals surface area contributed by atoms with Gasteiger partial charge < -0.3 is 20.3 Å². The molecule has 2 unspecified atom stereocenters. The standard InChI is InChI=1S/C25H34N4O.HI/c1-2-26-25(27-19-21-15-18-30-24(21)20-9-5-3-6-10-20)28-22-13-16-29(17-14-22)23-11-7-4-8-12-23;/h3-12,21-22,24H,2,13-19H2,1H3,(H2,26,27,28);1H. The van der Waals surface area contributed by atoms with Crippen molar-refractivity contribution in [3.8, 4) is 0 Å². The third kappa shape index (κ3) is 6.59. The second kappa shape index (κ2) is 12.3. The van der Waals surface area contributed by atoms with Crippen LogP contribution in [0.3, 0.4) is 0 Å². The Morgan fingerprint density at radius 1 is 1.00 bits per heavy atom. The minimum absolute atomic E-state index is 0. The van der Waals surface area contributed by atoms with Crippen LogP contribution in [0.1, 0.15) is 37.9 Å². The molecule has 0 saturated carbocycles. The van der Waals surface area contributed by atoms with Crippen LogP contribution in [0.4, 0.5) is 5.69 Å². The summed E-state index contributed by atoms with van der Waals surface area (Å²) in [7, 11) is 0. The van der Waals surface area contributed by atoms with E-state index in [9.17, 15) is 0 Å². The van der Waals surface area contributed by atoms with Crippen molar-refractivity contribution in [1.29, 1.82) is 0 Å². The number of rotatable bonds is 6. The Labute approximate surface area is 203 Å². The number of hydrogen-bond acceptors (Lipinski definition) is 3. The molecule has 0 aliphatic carbocycles. The lowest BCUT2D eigenvalue weighted by Crippen LogP contribution is -2.49. The molecule has 2 heterocycles. The van der Waals surface area contributed by atoms with E-state index in [2.05, 4.69) is 83.1 Å². The first kappa shape index (κ1) is 23.9. The van der Waals surface area contributed by atoms with Crippen LogP contribution < -0.4 is 15.5 Å². The Bertz CT molecular complexity index is 794. The monoisotopic (exact) mass is 534 g/mol. The number of para-hydroxylation sites is 1. The van der Waals surface area contributed by atoms with E-state index in [4.69, 9.17) is 9.73 Å². The molecule has 5 nitrogen and oxygen atoms in total. The molecule has 0 amide bonds. The Balaban J connectivity index is 0.00000272. The van der Waals surface area contributed by atoms with Crippen molar-refractivity contribution >= 4 is 35.6 Å². The van der Waals surface area contributed by atoms with Gasteiger partial charge >= 0.3 is 0 Å². The van der Waals surface area contributed by atoms with E-state index < -0.39 is 0 Å². The molecule has 2 aliphatic heterocycles. The van der Waals surface area contributed by atoms with Crippen LogP contribution >= 0.6 is 24.0 Å². The molecule has 31 heavy (non-hydrogen) atoms. The van der Waals surface area contributed by atoms with Gasteiger partial charge in [0, 0.05) is 50.4 Å². The summed E-state index contributed by atoms with van der Waals surface area (Å²) in [5.74, 6) is 1.37. The average molecular weight is 534 g/mol. The number of anilines is 1. The quantitative estimate of drug-likeness (QED) is 0.323. The topological polar surface area (TPSA) is 48.9 Å². The van der Waals surface area contributed by atoms with Crippen molar-refractivity contribution in [3.63, 3.8) is 0 Å². The minimum atomic E-state index is 0. The first-order valence-corrected chi connectivity index (χ1v) is 11.3. The third-order valence-corrected chi connectivity index (χ3v) is 6.13. The molecule has 168 valence electrons. The normalized spacial score (nSPS) is 22.1. The van der Waals surface area contributed by atoms with E-state index in [0.29, 0.717) is 12.0 Å². The van der Waals surface area contributed by atoms with Gasteiger partial charge in [0.05, 0.1) is 6.10 Å². The maximum atomic E-state index is 6.03. The number of halogens is 1. The summed E-state index contributed by atoms with van der Waals surface area (Å²) in [5, 5.41) is 7.11. The third-order valence-electron chi connectivity index (χ3n) is 6.13. The molecule has 0 spiro atoms. The molecule has 2 fully saturated rings. The molecule has 2 aliphatic rings. The minimum Gasteiger partial charge on any atom is -0.373 e. The molecule has 4 rings (SSSR count). The van der Waals surface area contributed by atoms with Crippen molar-refractivity contribution in [1.82, 2.24) is 10.6 Å². The molecule has 2 saturated heterocycles. The Morgan fingerprint density at radius 3 is 2.35 bits per heavy atom. The summed E-state index contributed by atoms with van der Waals surface area (Å²) in [5.41, 5.74) is 2.59. The van der Waals surface area contributed by atoms with Crippen molar-refractivity contribution < 1.29 is 4.74 Å². The summed E-state index contributed by atoms with van der Waals surface area (Å²) in [6.45, 7) is 6.76. The van der Waals surface area contributed by atoms with Crippen molar-refractivity contribution in [2.24, 2.45) is 10.9 Å². The fourth-order valence-electron chi connectivity index (χ4n) is 4.47. The zero-order chi connectivity index (χ0) is 20.6. The Morgan fingerprint density at radius 2 is 1.68 bits per heavy atom. The number of piperidine rings is 1. The van der Waals surface area contributed by atoms with Gasteiger partial charge in [-0.05, 0) is 43.9 Å². The number of nitrogens with one attached hydrogen (secondary N) is 2. The Kier molecular flexibility index (Phi) is 9.46. The molecular weight excluding hydrogens is 499 g/mol. The number of hydrogen-bond donors (Lipinski definition) is 2. The number of benzene rings is 2. The molecule has 6 heteroatoms. The molecule has 0 radical (unpaired) electrons. The highest BCUT2D eigenvalue weighted by Gasteiger charge is 2.29. The molecule has 2 N–H and O–H groups in total. The summed E-state index contributed by atoms with van der Waals surface area (Å²) in [4.78, 5) is 7.42. The number of ether oxygens (including phenoxy) is 1. The summed E-state index contributed by atoms with van der Waals surface area (Å²) in [6.07, 6.45) is 3.47. The van der Waals surface area contributed by atoms with Gasteiger partial charge in [0.15, 0.2) is 5.96 Å². The molecular formula is C25H35IN4O. The molecule has 0 aromatic heterocycles. The van der Waals surface area contributed by atoms with Crippen LogP contribution in [0, 0.1) is 5.92 Å². The van der Waals surface area contributed by atoms with Crippen LogP contribution in [0.25, 0.3) is 0 Å². The van der Waals surface area contributed by atoms with Gasteiger partial charge in [-0.15, -0.1) is 24.0 Å². The lowest BCUT2D eigenvalue weighted by atomic mass is 9.95. The highest BCUT2D eigenvalue weighted by Crippen LogP contribution is 2.34. The molecule has 2 atom stereocenters. The lowest BCUT2D eigenvalue weighted by Gasteiger charge is -2.34. The lowest BCUT2D eigenvalue weighted by molar-refractivity contribution is 0.0925. The van der Waals surface area contributed by atoms with Crippen LogP contribution in [-0.2, 0) is 4.74 Å². The van der Waals surface area contributed by atoms with E-state index in [1.165, 1.54) is 11.3 Å². The smallest absolute Gasteiger partial charge is 0.191 e. The van der Waals surface area contributed by atoms with E-state index in [-0.39, 0.29) is 30.1 Å². The second-order valence-electron chi connectivity index (χ2n) is 8.21. The fraction of sp³-hybridized carbons (Fsp3) is 0.480. The van der Waals surface area contributed by atoms with Crippen molar-refractivity contribution in [3.05, 3.63) is 66.2 Å². The zero-order valence-electron chi connectivity index (χ0n) is 18.4. The fourth-order valence-corrected chi connectivity index (χ4v) is 4.47. The summed E-state index contributed by atoms with van der Waals surface area (Å²) in [6, 6.07) is 21.7. The second-order valence-corrected chi connectivity index (χ2v) is 8.21. The van der Waals surface area contributed by atoms with E-state index in [1.807, 2.05) is 0 Å². The largest absolute Gasteiger partial charge is 0.373 e. The average Bonchev–Trinajstić information content (AvgIpc) is 3.28. The van der Waals surface area contributed by atoms with Gasteiger partial charge in [-0.25, -0.2) is 0 Å². The van der Waals surface area contributed by atoms with Crippen LogP contribution in [-0.4, -0.2) is 44.8 Å². The van der Waals surface area contributed by atoms with E-state index in [1.54, 1.807) is 0 Å². The first-order chi connectivity index (χ1) is 14.8. The van der Waals surface area contributed by atoms with Crippen molar-refractivity contribution in [2.45, 2.75) is 38.3 Å².